The fourth-order valence-corrected chi connectivity index (χ4v) is 4.88. The van der Waals surface area contributed by atoms with E-state index in [1.165, 1.54) is 47.8 Å². The van der Waals surface area contributed by atoms with Crippen molar-refractivity contribution >= 4 is 15.9 Å². The molecule has 0 aromatic heterocycles. The first-order chi connectivity index (χ1) is 16.0. The van der Waals surface area contributed by atoms with Gasteiger partial charge in [0.1, 0.15) is 12.3 Å². The van der Waals surface area contributed by atoms with Gasteiger partial charge in [0.2, 0.25) is 10.0 Å². The van der Waals surface area contributed by atoms with Gasteiger partial charge in [-0.2, -0.15) is 22.7 Å². The van der Waals surface area contributed by atoms with E-state index in [0.29, 0.717) is 16.0 Å². The number of carbonyl (C=O) groups excluding carboxylic acids is 1. The predicted octanol–water partition coefficient (Wildman–Crippen LogP) is 2.79. The van der Waals surface area contributed by atoms with E-state index in [4.69, 9.17) is 14.7 Å². The van der Waals surface area contributed by atoms with Crippen molar-refractivity contribution in [3.05, 3.63) is 59.2 Å². The zero-order valence-corrected chi connectivity index (χ0v) is 19.0. The van der Waals surface area contributed by atoms with Crippen molar-refractivity contribution in [3.8, 4) is 11.8 Å². The molecule has 0 radical (unpaired) electrons. The summed E-state index contributed by atoms with van der Waals surface area (Å²) in [5.74, 6) is -1.10. The number of nitriles is 1. The van der Waals surface area contributed by atoms with Crippen LogP contribution in [0.25, 0.3) is 0 Å². The smallest absolute Gasteiger partial charge is 0.406 e. The van der Waals surface area contributed by atoms with Crippen molar-refractivity contribution in [1.29, 1.82) is 5.26 Å². The van der Waals surface area contributed by atoms with Crippen LogP contribution in [-0.4, -0.2) is 69.7 Å². The average Bonchev–Trinajstić information content (AvgIpc) is 2.83. The summed E-state index contributed by atoms with van der Waals surface area (Å²) in [6.45, 7) is -1.30. The van der Waals surface area contributed by atoms with Gasteiger partial charge in [-0.25, -0.2) is 8.42 Å². The number of nitrogens with zero attached hydrogens (tertiary/aromatic N) is 3. The van der Waals surface area contributed by atoms with E-state index in [1.54, 1.807) is 0 Å². The molecule has 12 heteroatoms. The van der Waals surface area contributed by atoms with Crippen molar-refractivity contribution in [2.45, 2.75) is 17.6 Å². The molecule has 0 atom stereocenters. The number of ether oxygens (including phenoxy) is 2. The largest absolute Gasteiger partial charge is 0.496 e. The van der Waals surface area contributed by atoms with E-state index in [1.807, 2.05) is 6.07 Å². The molecule has 0 bridgehead atoms. The molecule has 2 aromatic carbocycles. The quantitative estimate of drug-likeness (QED) is 0.583. The van der Waals surface area contributed by atoms with Gasteiger partial charge in [0, 0.05) is 19.6 Å². The molecule has 34 heavy (non-hydrogen) atoms. The second-order valence-electron chi connectivity index (χ2n) is 7.46. The van der Waals surface area contributed by atoms with Gasteiger partial charge in [0.25, 0.3) is 5.91 Å². The summed E-state index contributed by atoms with van der Waals surface area (Å²) >= 11 is 0. The van der Waals surface area contributed by atoms with E-state index in [2.05, 4.69) is 0 Å². The Morgan fingerprint density at radius 2 is 1.82 bits per heavy atom. The Hall–Kier alpha value is -3.14. The maximum atomic E-state index is 13.3. The fraction of sp³-hybridized carbons (Fsp3) is 0.364. The predicted molar refractivity (Wildman–Crippen MR) is 115 cm³/mol. The number of morpholine rings is 1. The molecule has 0 aliphatic carbocycles. The van der Waals surface area contributed by atoms with Gasteiger partial charge in [0.05, 0.1) is 42.4 Å². The Bertz CT molecular complexity index is 1170. The number of rotatable bonds is 7. The van der Waals surface area contributed by atoms with Gasteiger partial charge in [-0.05, 0) is 35.9 Å². The van der Waals surface area contributed by atoms with Crippen LogP contribution in [0.15, 0.2) is 47.4 Å². The Morgan fingerprint density at radius 3 is 2.38 bits per heavy atom. The average molecular weight is 497 g/mol. The first-order valence-electron chi connectivity index (χ1n) is 10.2. The topological polar surface area (TPSA) is 99.9 Å². The fourth-order valence-electron chi connectivity index (χ4n) is 3.44. The molecule has 1 saturated heterocycles. The minimum atomic E-state index is -4.70. The third-order valence-electron chi connectivity index (χ3n) is 5.12. The number of amides is 1. The molecule has 1 aliphatic rings. The first-order valence-corrected chi connectivity index (χ1v) is 11.6. The van der Waals surface area contributed by atoms with Crippen LogP contribution in [0.2, 0.25) is 0 Å². The maximum absolute atomic E-state index is 13.3. The van der Waals surface area contributed by atoms with E-state index in [9.17, 15) is 26.4 Å². The van der Waals surface area contributed by atoms with Crippen molar-refractivity contribution in [2.24, 2.45) is 0 Å². The molecule has 1 fully saturated rings. The summed E-state index contributed by atoms with van der Waals surface area (Å²) in [5.41, 5.74) is 0.377. The molecule has 182 valence electrons. The van der Waals surface area contributed by atoms with E-state index < -0.39 is 35.2 Å². The minimum absolute atomic E-state index is 0.0575. The molecular formula is C22H22F3N3O5S. The summed E-state index contributed by atoms with van der Waals surface area (Å²) in [6, 6.07) is 11.2. The molecule has 0 spiro atoms. The maximum Gasteiger partial charge on any atom is 0.406 e. The van der Waals surface area contributed by atoms with E-state index >= 15 is 0 Å². The van der Waals surface area contributed by atoms with E-state index in [0.717, 1.165) is 6.07 Å². The number of hydrogen-bond donors (Lipinski definition) is 0. The van der Waals surface area contributed by atoms with Crippen LogP contribution in [0.4, 0.5) is 13.2 Å². The minimum Gasteiger partial charge on any atom is -0.496 e. The first kappa shape index (κ1) is 25.5. The zero-order chi connectivity index (χ0) is 24.9. The summed E-state index contributed by atoms with van der Waals surface area (Å²) in [4.78, 5) is 13.6. The highest BCUT2D eigenvalue weighted by molar-refractivity contribution is 7.89. The van der Waals surface area contributed by atoms with Crippen LogP contribution in [-0.2, 0) is 21.3 Å². The highest BCUT2D eigenvalue weighted by atomic mass is 32.2. The van der Waals surface area contributed by atoms with Crippen molar-refractivity contribution < 1.29 is 35.9 Å². The van der Waals surface area contributed by atoms with Gasteiger partial charge in [0.15, 0.2) is 0 Å². The Balaban J connectivity index is 1.98. The summed E-state index contributed by atoms with van der Waals surface area (Å²) in [7, 11) is -2.76. The monoisotopic (exact) mass is 497 g/mol. The number of hydrogen-bond acceptors (Lipinski definition) is 6. The van der Waals surface area contributed by atoms with Crippen LogP contribution >= 0.6 is 0 Å². The van der Waals surface area contributed by atoms with Gasteiger partial charge < -0.3 is 14.4 Å². The van der Waals surface area contributed by atoms with Crippen LogP contribution in [0.3, 0.4) is 0 Å². The van der Waals surface area contributed by atoms with Crippen LogP contribution < -0.4 is 4.74 Å². The lowest BCUT2D eigenvalue weighted by atomic mass is 10.1. The van der Waals surface area contributed by atoms with Crippen molar-refractivity contribution in [3.63, 3.8) is 0 Å². The summed E-state index contributed by atoms with van der Waals surface area (Å²) in [5, 5.41) is 8.91. The standard InChI is InChI=1S/C22H22F3N3O5S/c1-32-20-7-6-18(34(30,31)28-8-10-33-11-9-28)12-19(20)21(29)27(15-22(23,24)25)14-17-4-2-16(13-26)3-5-17/h2-7,12H,8-11,14-15H2,1H3. The van der Waals surface area contributed by atoms with Gasteiger partial charge in [-0.1, -0.05) is 12.1 Å². The Kier molecular flexibility index (Phi) is 7.81. The van der Waals surface area contributed by atoms with E-state index in [-0.39, 0.29) is 42.5 Å². The van der Waals surface area contributed by atoms with Gasteiger partial charge in [-0.3, -0.25) is 4.79 Å². The second kappa shape index (κ2) is 10.4. The molecule has 1 heterocycles. The SMILES string of the molecule is COc1ccc(S(=O)(=O)N2CCOCC2)cc1C(=O)N(Cc1ccc(C#N)cc1)CC(F)(F)F. The van der Waals surface area contributed by atoms with Crippen LogP contribution in [0.1, 0.15) is 21.5 Å². The third kappa shape index (κ3) is 6.05. The van der Waals surface area contributed by atoms with Crippen LogP contribution in [0.5, 0.6) is 5.75 Å². The lowest BCUT2D eigenvalue weighted by Crippen LogP contribution is -2.41. The number of halogens is 3. The van der Waals surface area contributed by atoms with Crippen molar-refractivity contribution in [2.75, 3.05) is 40.0 Å². The molecule has 0 unspecified atom stereocenters. The van der Waals surface area contributed by atoms with Crippen LogP contribution in [0, 0.1) is 11.3 Å². The summed E-state index contributed by atoms with van der Waals surface area (Å²) < 4.78 is 77.5. The Labute approximate surface area is 195 Å². The lowest BCUT2D eigenvalue weighted by molar-refractivity contribution is -0.141. The molecule has 2 aromatic rings. The van der Waals surface area contributed by atoms with Gasteiger partial charge >= 0.3 is 6.18 Å². The number of methoxy groups -OCH3 is 1. The Morgan fingerprint density at radius 1 is 1.18 bits per heavy atom. The molecule has 3 rings (SSSR count). The zero-order valence-electron chi connectivity index (χ0n) is 18.2. The number of sulfonamides is 1. The molecule has 8 nitrogen and oxygen atoms in total. The number of carbonyl (C=O) groups is 1. The lowest BCUT2D eigenvalue weighted by Gasteiger charge is -2.27. The van der Waals surface area contributed by atoms with Crippen molar-refractivity contribution in [1.82, 2.24) is 9.21 Å². The molecule has 1 aliphatic heterocycles. The molecular weight excluding hydrogens is 475 g/mol. The number of alkyl halides is 3. The molecule has 0 N–H and O–H groups in total. The normalized spacial score (nSPS) is 14.9. The molecule has 1 amide bonds. The second-order valence-corrected chi connectivity index (χ2v) is 9.40. The highest BCUT2D eigenvalue weighted by Crippen LogP contribution is 2.28. The number of benzene rings is 2. The highest BCUT2D eigenvalue weighted by Gasteiger charge is 2.35. The third-order valence-corrected chi connectivity index (χ3v) is 7.02. The molecule has 0 saturated carbocycles. The summed E-state index contributed by atoms with van der Waals surface area (Å²) in [6.07, 6.45) is -4.70. The van der Waals surface area contributed by atoms with Gasteiger partial charge in [-0.15, -0.1) is 0 Å².